The number of pyridine rings is 1. The zero-order valence-electron chi connectivity index (χ0n) is 16.5. The molecule has 1 fully saturated rings. The second kappa shape index (κ2) is 9.58. The molecule has 0 bridgehead atoms. The van der Waals surface area contributed by atoms with Crippen molar-refractivity contribution in [2.45, 2.75) is 39.2 Å². The summed E-state index contributed by atoms with van der Waals surface area (Å²) >= 11 is 0. The van der Waals surface area contributed by atoms with Crippen molar-refractivity contribution < 1.29 is 18.4 Å². The number of carbonyl (C=O) groups is 2. The maximum absolute atomic E-state index is 13.2. The molecule has 1 aliphatic heterocycles. The van der Waals surface area contributed by atoms with Gasteiger partial charge in [0.05, 0.1) is 5.56 Å². The number of hydrogen-bond donors (Lipinski definition) is 1. The molecule has 154 valence electrons. The van der Waals surface area contributed by atoms with Gasteiger partial charge in [-0.3, -0.25) is 14.6 Å². The van der Waals surface area contributed by atoms with Crippen molar-refractivity contribution >= 4 is 11.8 Å². The first kappa shape index (κ1) is 20.9. The van der Waals surface area contributed by atoms with Crippen molar-refractivity contribution in [1.82, 2.24) is 15.2 Å². The van der Waals surface area contributed by atoms with Gasteiger partial charge in [-0.15, -0.1) is 0 Å². The molecular formula is C22H25F2N3O2. The van der Waals surface area contributed by atoms with E-state index in [2.05, 4.69) is 10.3 Å². The number of hydrogen-bond acceptors (Lipinski definition) is 3. The van der Waals surface area contributed by atoms with E-state index in [1.54, 1.807) is 12.3 Å². The average molecular weight is 401 g/mol. The zero-order valence-corrected chi connectivity index (χ0v) is 16.5. The van der Waals surface area contributed by atoms with Crippen LogP contribution in [0.3, 0.4) is 0 Å². The van der Waals surface area contributed by atoms with Gasteiger partial charge in [0, 0.05) is 37.9 Å². The van der Waals surface area contributed by atoms with Gasteiger partial charge in [0.25, 0.3) is 5.91 Å². The van der Waals surface area contributed by atoms with Gasteiger partial charge in [-0.25, -0.2) is 8.78 Å². The van der Waals surface area contributed by atoms with Crippen molar-refractivity contribution in [2.24, 2.45) is 5.92 Å². The normalized spacial score (nSPS) is 16.5. The molecule has 1 saturated heterocycles. The molecule has 0 saturated carbocycles. The van der Waals surface area contributed by atoms with Gasteiger partial charge in [-0.05, 0) is 61.9 Å². The molecule has 1 N–H and O–H groups in total. The lowest BCUT2D eigenvalue weighted by Crippen LogP contribution is -2.40. The number of nitrogens with one attached hydrogen (secondary N) is 1. The Kier molecular flexibility index (Phi) is 6.90. The van der Waals surface area contributed by atoms with E-state index in [0.29, 0.717) is 37.1 Å². The van der Waals surface area contributed by atoms with Crippen molar-refractivity contribution in [3.05, 3.63) is 65.0 Å². The molecular weight excluding hydrogens is 376 g/mol. The summed E-state index contributed by atoms with van der Waals surface area (Å²) in [6.45, 7) is 3.38. The van der Waals surface area contributed by atoms with Crippen LogP contribution in [0, 0.1) is 24.5 Å². The summed E-state index contributed by atoms with van der Waals surface area (Å²) in [5, 5.41) is 2.73. The molecule has 1 aliphatic rings. The third-order valence-electron chi connectivity index (χ3n) is 5.22. The fraction of sp³-hybridized carbons (Fsp3) is 0.409. The van der Waals surface area contributed by atoms with Crippen LogP contribution in [0.5, 0.6) is 0 Å². The molecule has 3 rings (SSSR count). The number of carbonyl (C=O) groups excluding carboxylic acids is 2. The molecule has 1 aromatic heterocycles. The number of aromatic nitrogens is 1. The highest BCUT2D eigenvalue weighted by Crippen LogP contribution is 2.22. The Morgan fingerprint density at radius 2 is 2.03 bits per heavy atom. The van der Waals surface area contributed by atoms with Crippen molar-refractivity contribution in [3.8, 4) is 0 Å². The summed E-state index contributed by atoms with van der Waals surface area (Å²) < 4.78 is 26.2. The molecule has 1 aromatic carbocycles. The minimum atomic E-state index is -0.924. The van der Waals surface area contributed by atoms with Gasteiger partial charge < -0.3 is 10.2 Å². The zero-order chi connectivity index (χ0) is 20.8. The predicted molar refractivity (Wildman–Crippen MR) is 105 cm³/mol. The van der Waals surface area contributed by atoms with Crippen molar-refractivity contribution in [1.29, 1.82) is 0 Å². The largest absolute Gasteiger partial charge is 0.352 e. The van der Waals surface area contributed by atoms with Crippen LogP contribution in [0.15, 0.2) is 36.5 Å². The van der Waals surface area contributed by atoms with Gasteiger partial charge in [-0.2, -0.15) is 0 Å². The smallest absolute Gasteiger partial charge is 0.255 e. The lowest BCUT2D eigenvalue weighted by molar-refractivity contribution is -0.121. The summed E-state index contributed by atoms with van der Waals surface area (Å²) in [6, 6.07) is 7.20. The SMILES string of the molecule is Cc1ccc(C(=O)N2CCCC(CCC(=O)NCc3ccc(F)c(F)c3)C2)cn1. The lowest BCUT2D eigenvalue weighted by atomic mass is 9.93. The Labute approximate surface area is 169 Å². The van der Waals surface area contributed by atoms with E-state index in [4.69, 9.17) is 0 Å². The van der Waals surface area contributed by atoms with Crippen molar-refractivity contribution in [2.75, 3.05) is 13.1 Å². The van der Waals surface area contributed by atoms with E-state index in [0.717, 1.165) is 30.7 Å². The Morgan fingerprint density at radius 1 is 1.21 bits per heavy atom. The van der Waals surface area contributed by atoms with Crippen LogP contribution in [0.25, 0.3) is 0 Å². The van der Waals surface area contributed by atoms with Crippen LogP contribution in [0.1, 0.15) is 47.3 Å². The van der Waals surface area contributed by atoms with Crippen LogP contribution < -0.4 is 5.32 Å². The average Bonchev–Trinajstić information content (AvgIpc) is 2.73. The number of halogens is 2. The Morgan fingerprint density at radius 3 is 2.76 bits per heavy atom. The molecule has 0 radical (unpaired) electrons. The van der Waals surface area contributed by atoms with E-state index < -0.39 is 11.6 Å². The second-order valence-electron chi connectivity index (χ2n) is 7.51. The molecule has 29 heavy (non-hydrogen) atoms. The Hall–Kier alpha value is -2.83. The predicted octanol–water partition coefficient (Wildman–Crippen LogP) is 3.62. The summed E-state index contributed by atoms with van der Waals surface area (Å²) in [4.78, 5) is 30.8. The molecule has 1 atom stereocenters. The van der Waals surface area contributed by atoms with Gasteiger partial charge in [0.15, 0.2) is 11.6 Å². The molecule has 2 heterocycles. The first-order valence-electron chi connectivity index (χ1n) is 9.85. The van der Waals surface area contributed by atoms with Crippen LogP contribution in [0.2, 0.25) is 0 Å². The maximum atomic E-state index is 13.2. The van der Waals surface area contributed by atoms with E-state index in [1.807, 2.05) is 17.9 Å². The number of aryl methyl sites for hydroxylation is 1. The van der Waals surface area contributed by atoms with Crippen LogP contribution in [-0.2, 0) is 11.3 Å². The van der Waals surface area contributed by atoms with Gasteiger partial charge >= 0.3 is 0 Å². The molecule has 1 unspecified atom stereocenters. The summed E-state index contributed by atoms with van der Waals surface area (Å²) in [5.74, 6) is -1.73. The third-order valence-corrected chi connectivity index (χ3v) is 5.22. The first-order chi connectivity index (χ1) is 13.9. The number of piperidine rings is 1. The first-order valence-corrected chi connectivity index (χ1v) is 9.85. The molecule has 2 amide bonds. The van der Waals surface area contributed by atoms with Gasteiger partial charge in [0.2, 0.25) is 5.91 Å². The number of nitrogens with zero attached hydrogens (tertiary/aromatic N) is 2. The quantitative estimate of drug-likeness (QED) is 0.804. The fourth-order valence-electron chi connectivity index (χ4n) is 3.54. The Bertz CT molecular complexity index is 871. The van der Waals surface area contributed by atoms with E-state index in [1.165, 1.54) is 6.07 Å². The van der Waals surface area contributed by atoms with Crippen molar-refractivity contribution in [3.63, 3.8) is 0 Å². The number of benzene rings is 1. The molecule has 2 aromatic rings. The topological polar surface area (TPSA) is 62.3 Å². The summed E-state index contributed by atoms with van der Waals surface area (Å²) in [6.07, 6.45) is 4.51. The minimum absolute atomic E-state index is 0.0232. The molecule has 7 heteroatoms. The van der Waals surface area contributed by atoms with Crippen LogP contribution in [-0.4, -0.2) is 34.8 Å². The summed E-state index contributed by atoms with van der Waals surface area (Å²) in [5.41, 5.74) is 1.96. The monoisotopic (exact) mass is 401 g/mol. The number of rotatable bonds is 6. The second-order valence-corrected chi connectivity index (χ2v) is 7.51. The summed E-state index contributed by atoms with van der Waals surface area (Å²) in [7, 11) is 0. The Balaban J connectivity index is 1.45. The molecule has 0 spiro atoms. The number of likely N-dealkylation sites (tertiary alicyclic amines) is 1. The fourth-order valence-corrected chi connectivity index (χ4v) is 3.54. The highest BCUT2D eigenvalue weighted by atomic mass is 19.2. The molecule has 0 aliphatic carbocycles. The standard InChI is InChI=1S/C22H25F2N3O2/c1-15-4-7-18(13-25-15)22(29)27-10-2-3-16(14-27)6-9-21(28)26-12-17-5-8-19(23)20(24)11-17/h4-5,7-8,11,13,16H,2-3,6,9-10,12,14H2,1H3,(H,26,28). The van der Waals surface area contributed by atoms with Gasteiger partial charge in [0.1, 0.15) is 0 Å². The highest BCUT2D eigenvalue weighted by Gasteiger charge is 2.25. The highest BCUT2D eigenvalue weighted by molar-refractivity contribution is 5.94. The van der Waals surface area contributed by atoms with Crippen LogP contribution in [0.4, 0.5) is 8.78 Å². The van der Waals surface area contributed by atoms with E-state index in [-0.39, 0.29) is 24.3 Å². The maximum Gasteiger partial charge on any atom is 0.255 e. The minimum Gasteiger partial charge on any atom is -0.352 e. The molecule has 5 nitrogen and oxygen atoms in total. The van der Waals surface area contributed by atoms with E-state index >= 15 is 0 Å². The number of amides is 2. The third kappa shape index (κ3) is 5.82. The van der Waals surface area contributed by atoms with Crippen LogP contribution >= 0.6 is 0 Å². The van der Waals surface area contributed by atoms with Gasteiger partial charge in [-0.1, -0.05) is 6.07 Å². The lowest BCUT2D eigenvalue weighted by Gasteiger charge is -2.32. The van der Waals surface area contributed by atoms with E-state index in [9.17, 15) is 18.4 Å².